The number of Topliss-reactive ketones (excluding diaryl/α,β-unsaturated/α-hetero) is 1. The summed E-state index contributed by atoms with van der Waals surface area (Å²) in [6.45, 7) is 4.26. The van der Waals surface area contributed by atoms with Gasteiger partial charge in [-0.2, -0.15) is 0 Å². The van der Waals surface area contributed by atoms with Crippen molar-refractivity contribution < 1.29 is 9.59 Å². The SMILES string of the molecule is CNC(=O)CC(=O)CCCC(C)C. The Balaban J connectivity index is 3.46. The molecule has 0 aromatic heterocycles. The van der Waals surface area contributed by atoms with Gasteiger partial charge in [0.25, 0.3) is 0 Å². The number of carbonyl (C=O) groups excluding carboxylic acids is 2. The molecule has 0 bridgehead atoms. The molecule has 0 aromatic rings. The molecule has 0 fully saturated rings. The Bertz CT molecular complexity index is 176. The summed E-state index contributed by atoms with van der Waals surface area (Å²) in [7, 11) is 1.55. The van der Waals surface area contributed by atoms with Crippen LogP contribution in [0.15, 0.2) is 0 Å². The van der Waals surface area contributed by atoms with Gasteiger partial charge in [0, 0.05) is 13.5 Å². The second-order valence-corrected chi connectivity index (χ2v) is 3.67. The zero-order chi connectivity index (χ0) is 10.3. The Hall–Kier alpha value is -0.860. The zero-order valence-corrected chi connectivity index (χ0v) is 8.72. The molecular formula is C10H19NO2. The topological polar surface area (TPSA) is 46.2 Å². The summed E-state index contributed by atoms with van der Waals surface area (Å²) in [5, 5.41) is 2.44. The maximum absolute atomic E-state index is 11.1. The summed E-state index contributed by atoms with van der Waals surface area (Å²) in [6.07, 6.45) is 2.52. The molecule has 0 saturated heterocycles. The van der Waals surface area contributed by atoms with Gasteiger partial charge < -0.3 is 5.32 Å². The molecule has 3 nitrogen and oxygen atoms in total. The summed E-state index contributed by atoms with van der Waals surface area (Å²) in [4.78, 5) is 21.9. The lowest BCUT2D eigenvalue weighted by molar-refractivity contribution is -0.127. The smallest absolute Gasteiger partial charge is 0.227 e. The van der Waals surface area contributed by atoms with Gasteiger partial charge in [-0.1, -0.05) is 20.3 Å². The monoisotopic (exact) mass is 185 g/mol. The van der Waals surface area contributed by atoms with Crippen molar-refractivity contribution in [1.82, 2.24) is 5.32 Å². The van der Waals surface area contributed by atoms with Crippen molar-refractivity contribution in [3.8, 4) is 0 Å². The van der Waals surface area contributed by atoms with Gasteiger partial charge in [-0.25, -0.2) is 0 Å². The Kier molecular flexibility index (Phi) is 6.20. The summed E-state index contributed by atoms with van der Waals surface area (Å²) in [5.41, 5.74) is 0. The lowest BCUT2D eigenvalue weighted by Crippen LogP contribution is -2.21. The van der Waals surface area contributed by atoms with Gasteiger partial charge in [0.05, 0.1) is 6.42 Å². The van der Waals surface area contributed by atoms with E-state index in [1.807, 2.05) is 0 Å². The van der Waals surface area contributed by atoms with E-state index in [1.165, 1.54) is 0 Å². The highest BCUT2D eigenvalue weighted by molar-refractivity contribution is 5.97. The molecule has 3 heteroatoms. The number of hydrogen-bond donors (Lipinski definition) is 1. The average Bonchev–Trinajstić information content (AvgIpc) is 2.03. The van der Waals surface area contributed by atoms with Gasteiger partial charge in [-0.05, 0) is 12.3 Å². The van der Waals surface area contributed by atoms with Crippen LogP contribution in [-0.2, 0) is 9.59 Å². The highest BCUT2D eigenvalue weighted by Crippen LogP contribution is 2.07. The fraction of sp³-hybridized carbons (Fsp3) is 0.800. The number of amides is 1. The van der Waals surface area contributed by atoms with Crippen LogP contribution in [0.4, 0.5) is 0 Å². The van der Waals surface area contributed by atoms with Crippen LogP contribution in [0.2, 0.25) is 0 Å². The summed E-state index contributed by atoms with van der Waals surface area (Å²) >= 11 is 0. The van der Waals surface area contributed by atoms with Crippen LogP contribution in [-0.4, -0.2) is 18.7 Å². The fourth-order valence-corrected chi connectivity index (χ4v) is 1.06. The Morgan fingerprint density at radius 3 is 2.38 bits per heavy atom. The lowest BCUT2D eigenvalue weighted by atomic mass is 10.0. The minimum absolute atomic E-state index is 0.0363. The van der Waals surface area contributed by atoms with Gasteiger partial charge in [0.1, 0.15) is 5.78 Å². The third kappa shape index (κ3) is 7.50. The average molecular weight is 185 g/mol. The fourth-order valence-electron chi connectivity index (χ4n) is 1.06. The lowest BCUT2D eigenvalue weighted by Gasteiger charge is -2.03. The van der Waals surface area contributed by atoms with E-state index < -0.39 is 0 Å². The number of nitrogens with one attached hydrogen (secondary N) is 1. The maximum atomic E-state index is 11.1. The van der Waals surface area contributed by atoms with Crippen molar-refractivity contribution in [2.45, 2.75) is 39.5 Å². The Labute approximate surface area is 79.9 Å². The second-order valence-electron chi connectivity index (χ2n) is 3.67. The van der Waals surface area contributed by atoms with Crippen molar-refractivity contribution >= 4 is 11.7 Å². The molecule has 1 N–H and O–H groups in total. The number of hydrogen-bond acceptors (Lipinski definition) is 2. The summed E-state index contributed by atoms with van der Waals surface area (Å²) in [5.74, 6) is 0.488. The maximum Gasteiger partial charge on any atom is 0.227 e. The van der Waals surface area contributed by atoms with Gasteiger partial charge in [-0.3, -0.25) is 9.59 Å². The molecule has 13 heavy (non-hydrogen) atoms. The van der Waals surface area contributed by atoms with Gasteiger partial charge in [0.15, 0.2) is 0 Å². The number of ketones is 1. The molecule has 0 radical (unpaired) electrons. The number of carbonyl (C=O) groups is 2. The molecule has 0 saturated carbocycles. The van der Waals surface area contributed by atoms with E-state index in [-0.39, 0.29) is 18.1 Å². The first kappa shape index (κ1) is 12.1. The van der Waals surface area contributed by atoms with Crippen LogP contribution in [0.25, 0.3) is 0 Å². The van der Waals surface area contributed by atoms with Crippen LogP contribution in [0.5, 0.6) is 0 Å². The van der Waals surface area contributed by atoms with Crippen LogP contribution in [0.1, 0.15) is 39.5 Å². The third-order valence-corrected chi connectivity index (χ3v) is 1.87. The molecule has 0 heterocycles. The molecule has 0 unspecified atom stereocenters. The van der Waals surface area contributed by atoms with E-state index in [1.54, 1.807) is 7.05 Å². The highest BCUT2D eigenvalue weighted by atomic mass is 16.2. The number of rotatable bonds is 6. The van der Waals surface area contributed by atoms with Crippen molar-refractivity contribution in [2.75, 3.05) is 7.05 Å². The van der Waals surface area contributed by atoms with Crippen LogP contribution in [0, 0.1) is 5.92 Å². The molecule has 0 atom stereocenters. The van der Waals surface area contributed by atoms with Gasteiger partial charge in [-0.15, -0.1) is 0 Å². The van der Waals surface area contributed by atoms with E-state index in [0.29, 0.717) is 12.3 Å². The van der Waals surface area contributed by atoms with Crippen molar-refractivity contribution in [2.24, 2.45) is 5.92 Å². The molecule has 0 aliphatic carbocycles. The summed E-state index contributed by atoms with van der Waals surface area (Å²) < 4.78 is 0. The molecule has 0 aliphatic heterocycles. The van der Waals surface area contributed by atoms with Crippen LogP contribution in [0.3, 0.4) is 0 Å². The van der Waals surface area contributed by atoms with E-state index in [0.717, 1.165) is 12.8 Å². The molecule has 0 aromatic carbocycles. The quantitative estimate of drug-likeness (QED) is 0.638. The third-order valence-electron chi connectivity index (χ3n) is 1.87. The van der Waals surface area contributed by atoms with E-state index in [4.69, 9.17) is 0 Å². The molecule has 0 aliphatic rings. The van der Waals surface area contributed by atoms with Crippen molar-refractivity contribution in [3.05, 3.63) is 0 Å². The van der Waals surface area contributed by atoms with E-state index in [2.05, 4.69) is 19.2 Å². The Morgan fingerprint density at radius 1 is 1.31 bits per heavy atom. The van der Waals surface area contributed by atoms with Gasteiger partial charge in [0.2, 0.25) is 5.91 Å². The normalized spacial score (nSPS) is 10.2. The largest absolute Gasteiger partial charge is 0.359 e. The van der Waals surface area contributed by atoms with Crippen LogP contribution >= 0.6 is 0 Å². The van der Waals surface area contributed by atoms with E-state index in [9.17, 15) is 9.59 Å². The minimum Gasteiger partial charge on any atom is -0.359 e. The van der Waals surface area contributed by atoms with Crippen molar-refractivity contribution in [1.29, 1.82) is 0 Å². The first-order valence-corrected chi connectivity index (χ1v) is 4.78. The Morgan fingerprint density at radius 2 is 1.92 bits per heavy atom. The second kappa shape index (κ2) is 6.63. The minimum atomic E-state index is -0.186. The first-order valence-electron chi connectivity index (χ1n) is 4.78. The van der Waals surface area contributed by atoms with Gasteiger partial charge >= 0.3 is 0 Å². The van der Waals surface area contributed by atoms with E-state index >= 15 is 0 Å². The standard InChI is InChI=1S/C10H19NO2/c1-8(2)5-4-6-9(12)7-10(13)11-3/h8H,4-7H2,1-3H3,(H,11,13). The summed E-state index contributed by atoms with van der Waals surface area (Å²) in [6, 6.07) is 0. The molecule has 0 rings (SSSR count). The molecule has 0 spiro atoms. The predicted octanol–water partition coefficient (Wildman–Crippen LogP) is 1.52. The zero-order valence-electron chi connectivity index (χ0n) is 8.72. The molecule has 76 valence electrons. The predicted molar refractivity (Wildman–Crippen MR) is 52.4 cm³/mol. The van der Waals surface area contributed by atoms with Crippen molar-refractivity contribution in [3.63, 3.8) is 0 Å². The van der Waals surface area contributed by atoms with Crippen LogP contribution < -0.4 is 5.32 Å². The molecular weight excluding hydrogens is 166 g/mol. The highest BCUT2D eigenvalue weighted by Gasteiger charge is 2.07. The first-order chi connectivity index (χ1) is 6.06. The molecule has 1 amide bonds.